The summed E-state index contributed by atoms with van der Waals surface area (Å²) in [6.07, 6.45) is 1.74. The maximum atomic E-state index is 11.4. The summed E-state index contributed by atoms with van der Waals surface area (Å²) in [7, 11) is -3.00. The van der Waals surface area contributed by atoms with E-state index in [4.69, 9.17) is 19.3 Å². The first-order chi connectivity index (χ1) is 18.6. The molecule has 3 aromatic rings. The van der Waals surface area contributed by atoms with Crippen molar-refractivity contribution >= 4 is 21.5 Å². The number of carbonyl (C=O) groups is 1. The Morgan fingerprint density at radius 2 is 1.82 bits per heavy atom. The highest BCUT2D eigenvalue weighted by atomic mass is 32.2. The van der Waals surface area contributed by atoms with E-state index >= 15 is 0 Å². The molecule has 0 aromatic heterocycles. The first-order valence-electron chi connectivity index (χ1n) is 13.0. The Morgan fingerprint density at radius 3 is 2.54 bits per heavy atom. The summed E-state index contributed by atoms with van der Waals surface area (Å²) in [5, 5.41) is 12.7. The van der Waals surface area contributed by atoms with Crippen molar-refractivity contribution in [1.82, 2.24) is 0 Å². The van der Waals surface area contributed by atoms with Gasteiger partial charge in [-0.05, 0) is 55.2 Å². The lowest BCUT2D eigenvalue weighted by molar-refractivity contribution is -0.137. The van der Waals surface area contributed by atoms with Gasteiger partial charge >= 0.3 is 5.97 Å². The third kappa shape index (κ3) is 5.98. The molecule has 0 radical (unpaired) electrons. The van der Waals surface area contributed by atoms with Gasteiger partial charge in [0.05, 0.1) is 31.4 Å². The lowest BCUT2D eigenvalue weighted by atomic mass is 9.92. The van der Waals surface area contributed by atoms with Gasteiger partial charge in [-0.3, -0.25) is 4.79 Å². The average Bonchev–Trinajstić information content (AvgIpc) is 3.45. The standard InChI is InChI=1S/C30H33NO7S/c1-18-12-22(36-10-5-11-39(3,34)35)13-19(2)29(18)25-7-4-6-24-26(17-38-30(24)25)31-21-8-9-23-20(14-28(32)33)16-37-27(23)15-21/h4,6-9,12-13,15,20,26,31H,5,10-11,14,16-17H2,1-3H3,(H,32,33)/t20-,26+/m1/s1. The lowest BCUT2D eigenvalue weighted by Crippen LogP contribution is -2.11. The molecule has 0 unspecified atom stereocenters. The minimum Gasteiger partial charge on any atom is -0.494 e. The summed E-state index contributed by atoms with van der Waals surface area (Å²) in [5.74, 6) is 1.45. The monoisotopic (exact) mass is 551 g/mol. The van der Waals surface area contributed by atoms with E-state index in [0.29, 0.717) is 26.2 Å². The fourth-order valence-electron chi connectivity index (χ4n) is 5.45. The Morgan fingerprint density at radius 1 is 1.05 bits per heavy atom. The molecule has 0 aliphatic carbocycles. The van der Waals surface area contributed by atoms with Crippen LogP contribution in [-0.2, 0) is 14.6 Å². The van der Waals surface area contributed by atoms with E-state index in [-0.39, 0.29) is 24.1 Å². The van der Waals surface area contributed by atoms with Gasteiger partial charge in [-0.1, -0.05) is 24.3 Å². The Kier molecular flexibility index (Phi) is 7.44. The normalized spacial score (nSPS) is 17.6. The van der Waals surface area contributed by atoms with E-state index in [1.165, 1.54) is 6.26 Å². The second kappa shape index (κ2) is 10.8. The van der Waals surface area contributed by atoms with Crippen LogP contribution in [0.4, 0.5) is 5.69 Å². The summed E-state index contributed by atoms with van der Waals surface area (Å²) in [4.78, 5) is 11.1. The number of hydrogen-bond donors (Lipinski definition) is 2. The quantitative estimate of drug-likeness (QED) is 0.328. The van der Waals surface area contributed by atoms with Crippen molar-refractivity contribution in [2.45, 2.75) is 38.6 Å². The molecule has 2 atom stereocenters. The van der Waals surface area contributed by atoms with Crippen molar-refractivity contribution < 1.29 is 32.5 Å². The number of aryl methyl sites for hydroxylation is 2. The van der Waals surface area contributed by atoms with E-state index in [1.54, 1.807) is 0 Å². The number of para-hydroxylation sites is 1. The van der Waals surface area contributed by atoms with Crippen molar-refractivity contribution in [3.05, 3.63) is 70.8 Å². The zero-order valence-electron chi connectivity index (χ0n) is 22.3. The van der Waals surface area contributed by atoms with Crippen molar-refractivity contribution in [2.24, 2.45) is 0 Å². The molecule has 2 aliphatic heterocycles. The third-order valence-corrected chi connectivity index (χ3v) is 8.20. The summed E-state index contributed by atoms with van der Waals surface area (Å²) < 4.78 is 40.6. The highest BCUT2D eigenvalue weighted by Crippen LogP contribution is 2.45. The number of hydrogen-bond acceptors (Lipinski definition) is 7. The van der Waals surface area contributed by atoms with E-state index in [9.17, 15) is 13.2 Å². The first-order valence-corrected chi connectivity index (χ1v) is 15.1. The van der Waals surface area contributed by atoms with E-state index in [1.807, 2.05) is 50.2 Å². The Labute approximate surface area is 228 Å². The number of carboxylic acid groups (broad SMARTS) is 1. The molecule has 0 fully saturated rings. The number of sulfone groups is 1. The molecule has 0 saturated carbocycles. The van der Waals surface area contributed by atoms with Crippen LogP contribution in [0.1, 0.15) is 47.1 Å². The van der Waals surface area contributed by atoms with Crippen LogP contribution in [0.25, 0.3) is 11.1 Å². The Hall–Kier alpha value is -3.72. The smallest absolute Gasteiger partial charge is 0.304 e. The fraction of sp³-hybridized carbons (Fsp3) is 0.367. The largest absolute Gasteiger partial charge is 0.494 e. The number of fused-ring (bicyclic) bond motifs is 2. The number of nitrogens with one attached hydrogen (secondary N) is 1. The van der Waals surface area contributed by atoms with Crippen molar-refractivity contribution in [1.29, 1.82) is 0 Å². The minimum atomic E-state index is -3.00. The summed E-state index contributed by atoms with van der Waals surface area (Å²) >= 11 is 0. The maximum absolute atomic E-state index is 11.4. The van der Waals surface area contributed by atoms with Crippen LogP contribution in [0, 0.1) is 13.8 Å². The molecule has 3 aromatic carbocycles. The molecular formula is C30H33NO7S. The van der Waals surface area contributed by atoms with Crippen LogP contribution >= 0.6 is 0 Å². The Balaban J connectivity index is 1.33. The second-order valence-corrected chi connectivity index (χ2v) is 12.6. The predicted molar refractivity (Wildman–Crippen MR) is 150 cm³/mol. The highest BCUT2D eigenvalue weighted by Gasteiger charge is 2.30. The summed E-state index contributed by atoms with van der Waals surface area (Å²) in [6, 6.07) is 15.9. The van der Waals surface area contributed by atoms with E-state index in [0.717, 1.165) is 56.3 Å². The molecule has 39 heavy (non-hydrogen) atoms. The molecule has 9 heteroatoms. The topological polar surface area (TPSA) is 111 Å². The molecule has 2 aliphatic rings. The lowest BCUT2D eigenvalue weighted by Gasteiger charge is -2.17. The number of aliphatic carboxylic acids is 1. The van der Waals surface area contributed by atoms with Gasteiger partial charge in [0, 0.05) is 40.6 Å². The van der Waals surface area contributed by atoms with Gasteiger partial charge < -0.3 is 24.6 Å². The number of rotatable bonds is 10. The number of carboxylic acids is 1. The van der Waals surface area contributed by atoms with Gasteiger partial charge in [-0.2, -0.15) is 0 Å². The van der Waals surface area contributed by atoms with Gasteiger partial charge in [0.15, 0.2) is 0 Å². The van der Waals surface area contributed by atoms with Crippen LogP contribution in [-0.4, -0.2) is 51.3 Å². The van der Waals surface area contributed by atoms with Crippen LogP contribution in [0.2, 0.25) is 0 Å². The zero-order valence-corrected chi connectivity index (χ0v) is 23.1. The number of ether oxygens (including phenoxy) is 3. The first kappa shape index (κ1) is 26.9. The SMILES string of the molecule is Cc1cc(OCCCS(C)(=O)=O)cc(C)c1-c1cccc2c1OC[C@@H]2Nc1ccc2c(c1)OC[C@H]2CC(=O)O. The molecular weight excluding hydrogens is 518 g/mol. The molecule has 206 valence electrons. The molecule has 2 N–H and O–H groups in total. The van der Waals surface area contributed by atoms with Crippen molar-refractivity contribution in [3.63, 3.8) is 0 Å². The van der Waals surface area contributed by atoms with Crippen molar-refractivity contribution in [3.8, 4) is 28.4 Å². The minimum absolute atomic E-state index is 0.0488. The van der Waals surface area contributed by atoms with Crippen LogP contribution in [0.3, 0.4) is 0 Å². The maximum Gasteiger partial charge on any atom is 0.304 e. The van der Waals surface area contributed by atoms with Crippen LogP contribution in [0.5, 0.6) is 17.2 Å². The summed E-state index contributed by atoms with van der Waals surface area (Å²) in [6.45, 7) is 5.28. The van der Waals surface area contributed by atoms with Crippen molar-refractivity contribution in [2.75, 3.05) is 37.1 Å². The molecule has 0 amide bonds. The predicted octanol–water partition coefficient (Wildman–Crippen LogP) is 5.28. The average molecular weight is 552 g/mol. The van der Waals surface area contributed by atoms with Gasteiger partial charge in [0.2, 0.25) is 0 Å². The second-order valence-electron chi connectivity index (χ2n) is 10.4. The van der Waals surface area contributed by atoms with Gasteiger partial charge in [0.1, 0.15) is 33.7 Å². The molecule has 0 saturated heterocycles. The summed E-state index contributed by atoms with van der Waals surface area (Å²) in [5.41, 5.74) is 7.10. The van der Waals surface area contributed by atoms with Crippen LogP contribution in [0.15, 0.2) is 48.5 Å². The number of benzene rings is 3. The zero-order chi connectivity index (χ0) is 27.7. The number of anilines is 1. The Bertz CT molecular complexity index is 1490. The molecule has 0 bridgehead atoms. The molecule has 5 rings (SSSR count). The van der Waals surface area contributed by atoms with E-state index in [2.05, 4.69) is 17.4 Å². The fourth-order valence-corrected chi connectivity index (χ4v) is 6.10. The van der Waals surface area contributed by atoms with Gasteiger partial charge in [-0.25, -0.2) is 8.42 Å². The molecule has 0 spiro atoms. The van der Waals surface area contributed by atoms with E-state index < -0.39 is 15.8 Å². The highest BCUT2D eigenvalue weighted by molar-refractivity contribution is 7.90. The molecule has 8 nitrogen and oxygen atoms in total. The van der Waals surface area contributed by atoms with Gasteiger partial charge in [0.25, 0.3) is 0 Å². The third-order valence-electron chi connectivity index (χ3n) is 7.17. The van der Waals surface area contributed by atoms with Crippen LogP contribution < -0.4 is 19.5 Å². The van der Waals surface area contributed by atoms with Gasteiger partial charge in [-0.15, -0.1) is 0 Å². The molecule has 2 heterocycles.